The third-order valence-electron chi connectivity index (χ3n) is 2.99. The Bertz CT molecular complexity index is 805. The lowest BCUT2D eigenvalue weighted by Gasteiger charge is -2.10. The standard InChI is InChI=1S/C18H17BrN2O4/c1-3-24-17-9-13(7-8-16(17)25-12(2)22)11-20-21-18(23)14-5-4-6-15(19)10-14/h4-11H,3H2,1-2H3,(H,21,23)/b20-11-. The Morgan fingerprint density at radius 2 is 2.00 bits per heavy atom. The van der Waals surface area contributed by atoms with Gasteiger partial charge in [0.2, 0.25) is 0 Å². The normalized spacial score (nSPS) is 10.5. The van der Waals surface area contributed by atoms with Crippen molar-refractivity contribution in [3.05, 3.63) is 58.1 Å². The third-order valence-corrected chi connectivity index (χ3v) is 3.48. The zero-order chi connectivity index (χ0) is 18.2. The number of ether oxygens (including phenoxy) is 2. The number of carbonyl (C=O) groups is 2. The number of hydrogen-bond donors (Lipinski definition) is 1. The molecule has 2 rings (SSSR count). The summed E-state index contributed by atoms with van der Waals surface area (Å²) in [4.78, 5) is 23.1. The molecular formula is C18H17BrN2O4. The van der Waals surface area contributed by atoms with Gasteiger partial charge in [-0.15, -0.1) is 0 Å². The zero-order valence-corrected chi connectivity index (χ0v) is 15.4. The number of esters is 1. The van der Waals surface area contributed by atoms with Crippen LogP contribution in [0.4, 0.5) is 0 Å². The number of rotatable bonds is 6. The highest BCUT2D eigenvalue weighted by atomic mass is 79.9. The Morgan fingerprint density at radius 1 is 1.20 bits per heavy atom. The minimum atomic E-state index is -0.427. The van der Waals surface area contributed by atoms with Gasteiger partial charge in [0.1, 0.15) is 0 Å². The predicted molar refractivity (Wildman–Crippen MR) is 98.1 cm³/mol. The predicted octanol–water partition coefficient (Wildman–Crippen LogP) is 3.54. The van der Waals surface area contributed by atoms with Gasteiger partial charge in [0.05, 0.1) is 12.8 Å². The summed E-state index contributed by atoms with van der Waals surface area (Å²) >= 11 is 3.31. The first-order valence-corrected chi connectivity index (χ1v) is 8.33. The van der Waals surface area contributed by atoms with Crippen molar-refractivity contribution in [2.45, 2.75) is 13.8 Å². The van der Waals surface area contributed by atoms with Gasteiger partial charge in [-0.2, -0.15) is 5.10 Å². The van der Waals surface area contributed by atoms with E-state index in [9.17, 15) is 9.59 Å². The quantitative estimate of drug-likeness (QED) is 0.345. The van der Waals surface area contributed by atoms with Crippen LogP contribution in [0, 0.1) is 0 Å². The number of halogens is 1. The molecule has 6 nitrogen and oxygen atoms in total. The molecule has 0 unspecified atom stereocenters. The van der Waals surface area contributed by atoms with Gasteiger partial charge < -0.3 is 9.47 Å². The highest BCUT2D eigenvalue weighted by Gasteiger charge is 2.08. The van der Waals surface area contributed by atoms with E-state index in [1.54, 1.807) is 36.4 Å². The van der Waals surface area contributed by atoms with Crippen LogP contribution in [0.25, 0.3) is 0 Å². The summed E-state index contributed by atoms with van der Waals surface area (Å²) in [5, 5.41) is 3.94. The Balaban J connectivity index is 2.08. The number of carbonyl (C=O) groups excluding carboxylic acids is 2. The van der Waals surface area contributed by atoms with Crippen LogP contribution in [-0.4, -0.2) is 24.7 Å². The molecule has 0 aliphatic heterocycles. The van der Waals surface area contributed by atoms with Crippen molar-refractivity contribution in [1.29, 1.82) is 0 Å². The van der Waals surface area contributed by atoms with E-state index in [1.165, 1.54) is 13.1 Å². The van der Waals surface area contributed by atoms with E-state index in [0.717, 1.165) is 4.47 Å². The Kier molecular flexibility index (Phi) is 6.71. The fraction of sp³-hybridized carbons (Fsp3) is 0.167. The number of nitrogens with one attached hydrogen (secondary N) is 1. The summed E-state index contributed by atoms with van der Waals surface area (Å²) in [6, 6.07) is 12.0. The van der Waals surface area contributed by atoms with Crippen LogP contribution >= 0.6 is 15.9 Å². The van der Waals surface area contributed by atoms with E-state index in [2.05, 4.69) is 26.5 Å². The molecule has 0 radical (unpaired) electrons. The van der Waals surface area contributed by atoms with Crippen LogP contribution in [0.2, 0.25) is 0 Å². The smallest absolute Gasteiger partial charge is 0.308 e. The molecule has 2 aromatic carbocycles. The molecule has 0 saturated heterocycles. The maximum absolute atomic E-state index is 12.0. The van der Waals surface area contributed by atoms with Crippen molar-refractivity contribution >= 4 is 34.0 Å². The van der Waals surface area contributed by atoms with E-state index in [-0.39, 0.29) is 5.91 Å². The Hall–Kier alpha value is -2.67. The van der Waals surface area contributed by atoms with Gasteiger partial charge in [0.25, 0.3) is 5.91 Å². The average Bonchev–Trinajstić information content (AvgIpc) is 2.57. The minimum absolute atomic E-state index is 0.320. The topological polar surface area (TPSA) is 77.0 Å². The van der Waals surface area contributed by atoms with E-state index >= 15 is 0 Å². The number of hydrazone groups is 1. The van der Waals surface area contributed by atoms with Crippen LogP contribution in [0.1, 0.15) is 29.8 Å². The summed E-state index contributed by atoms with van der Waals surface area (Å²) < 4.78 is 11.4. The van der Waals surface area contributed by atoms with E-state index < -0.39 is 5.97 Å². The SMILES string of the molecule is CCOc1cc(/C=N\NC(=O)c2cccc(Br)c2)ccc1OC(C)=O. The molecule has 0 heterocycles. The van der Waals surface area contributed by atoms with E-state index in [0.29, 0.717) is 29.2 Å². The summed E-state index contributed by atoms with van der Waals surface area (Å²) in [6.07, 6.45) is 1.48. The molecule has 0 fully saturated rings. The molecular weight excluding hydrogens is 388 g/mol. The lowest BCUT2D eigenvalue weighted by molar-refractivity contribution is -0.132. The first kappa shape index (κ1) is 18.7. The lowest BCUT2D eigenvalue weighted by atomic mass is 10.2. The summed E-state index contributed by atoms with van der Waals surface area (Å²) in [7, 11) is 0. The number of benzene rings is 2. The molecule has 0 aromatic heterocycles. The van der Waals surface area contributed by atoms with Crippen molar-refractivity contribution in [1.82, 2.24) is 5.43 Å². The number of nitrogens with zero attached hydrogens (tertiary/aromatic N) is 1. The molecule has 1 N–H and O–H groups in total. The van der Waals surface area contributed by atoms with Crippen molar-refractivity contribution < 1.29 is 19.1 Å². The number of hydrogen-bond acceptors (Lipinski definition) is 5. The van der Waals surface area contributed by atoms with Crippen molar-refractivity contribution in [2.75, 3.05) is 6.61 Å². The molecule has 0 spiro atoms. The highest BCUT2D eigenvalue weighted by molar-refractivity contribution is 9.10. The summed E-state index contributed by atoms with van der Waals surface area (Å²) in [5.41, 5.74) is 3.64. The second-order valence-electron chi connectivity index (χ2n) is 4.94. The first-order valence-electron chi connectivity index (χ1n) is 7.54. The second-order valence-corrected chi connectivity index (χ2v) is 5.86. The number of amides is 1. The fourth-order valence-electron chi connectivity index (χ4n) is 1.97. The highest BCUT2D eigenvalue weighted by Crippen LogP contribution is 2.28. The summed E-state index contributed by atoms with van der Waals surface area (Å²) in [6.45, 7) is 3.58. The van der Waals surface area contributed by atoms with E-state index in [1.807, 2.05) is 13.0 Å². The first-order chi connectivity index (χ1) is 12.0. The van der Waals surface area contributed by atoms with Crippen molar-refractivity contribution in [3.8, 4) is 11.5 Å². The Morgan fingerprint density at radius 3 is 2.68 bits per heavy atom. The lowest BCUT2D eigenvalue weighted by Crippen LogP contribution is -2.17. The van der Waals surface area contributed by atoms with Crippen LogP contribution in [-0.2, 0) is 4.79 Å². The van der Waals surface area contributed by atoms with Crippen LogP contribution in [0.15, 0.2) is 52.0 Å². The third kappa shape index (κ3) is 5.72. The molecule has 0 saturated carbocycles. The zero-order valence-electron chi connectivity index (χ0n) is 13.8. The van der Waals surface area contributed by atoms with Gasteiger partial charge in [-0.25, -0.2) is 5.43 Å². The molecule has 0 bridgehead atoms. The molecule has 2 aromatic rings. The van der Waals surface area contributed by atoms with Gasteiger partial charge >= 0.3 is 5.97 Å². The molecule has 25 heavy (non-hydrogen) atoms. The fourth-order valence-corrected chi connectivity index (χ4v) is 2.37. The molecule has 0 atom stereocenters. The molecule has 7 heteroatoms. The van der Waals surface area contributed by atoms with Gasteiger partial charge in [-0.1, -0.05) is 22.0 Å². The van der Waals surface area contributed by atoms with Crippen LogP contribution in [0.5, 0.6) is 11.5 Å². The van der Waals surface area contributed by atoms with Crippen molar-refractivity contribution in [3.63, 3.8) is 0 Å². The average molecular weight is 405 g/mol. The monoisotopic (exact) mass is 404 g/mol. The van der Waals surface area contributed by atoms with Gasteiger partial charge in [-0.05, 0) is 48.9 Å². The maximum Gasteiger partial charge on any atom is 0.308 e. The van der Waals surface area contributed by atoms with Crippen LogP contribution in [0.3, 0.4) is 0 Å². The van der Waals surface area contributed by atoms with Crippen molar-refractivity contribution in [2.24, 2.45) is 5.10 Å². The molecule has 130 valence electrons. The Labute approximate surface area is 154 Å². The molecule has 0 aliphatic carbocycles. The van der Waals surface area contributed by atoms with Gasteiger partial charge in [-0.3, -0.25) is 9.59 Å². The summed E-state index contributed by atoms with van der Waals surface area (Å²) in [5.74, 6) is 0.0207. The van der Waals surface area contributed by atoms with Gasteiger partial charge in [0.15, 0.2) is 11.5 Å². The molecule has 1 amide bonds. The van der Waals surface area contributed by atoms with Gasteiger partial charge in [0, 0.05) is 17.0 Å². The maximum atomic E-state index is 12.0. The largest absolute Gasteiger partial charge is 0.490 e. The minimum Gasteiger partial charge on any atom is -0.490 e. The van der Waals surface area contributed by atoms with Crippen LogP contribution < -0.4 is 14.9 Å². The molecule has 0 aliphatic rings. The second kappa shape index (κ2) is 8.98. The van der Waals surface area contributed by atoms with E-state index in [4.69, 9.17) is 9.47 Å².